The highest BCUT2D eigenvalue weighted by molar-refractivity contribution is 8.04. The number of aliphatic hydroxyl groups excluding tert-OH is 2. The fraction of sp³-hybridized carbons (Fsp3) is 0.250. The van der Waals surface area contributed by atoms with Crippen LogP contribution in [0.3, 0.4) is 0 Å². The van der Waals surface area contributed by atoms with Gasteiger partial charge in [-0.2, -0.15) is 0 Å². The average Bonchev–Trinajstić information content (AvgIpc) is 2.47. The van der Waals surface area contributed by atoms with Crippen LogP contribution in [0.5, 0.6) is 0 Å². The zero-order valence-corrected chi connectivity index (χ0v) is 12.7. The van der Waals surface area contributed by atoms with Gasteiger partial charge in [0.1, 0.15) is 5.75 Å². The third kappa shape index (κ3) is 2.49. The Bertz CT molecular complexity index is 613. The summed E-state index contributed by atoms with van der Waals surface area (Å²) in [6, 6.07) is 14.8. The fourth-order valence-electron chi connectivity index (χ4n) is 2.51. The molecular formula is C16H17O2S2+. The largest absolute Gasteiger partial charge is 0.396 e. The van der Waals surface area contributed by atoms with Crippen molar-refractivity contribution in [2.24, 2.45) is 0 Å². The van der Waals surface area contributed by atoms with Gasteiger partial charge in [-0.05, 0) is 18.2 Å². The van der Waals surface area contributed by atoms with E-state index in [2.05, 4.69) is 42.5 Å². The molecule has 1 aliphatic rings. The highest BCUT2D eigenvalue weighted by atomic mass is 32.2. The van der Waals surface area contributed by atoms with Crippen LogP contribution in [0, 0.1) is 0 Å². The lowest BCUT2D eigenvalue weighted by molar-refractivity contribution is 0.298. The summed E-state index contributed by atoms with van der Waals surface area (Å²) in [5.41, 5.74) is 1.21. The topological polar surface area (TPSA) is 40.5 Å². The molecule has 1 unspecified atom stereocenters. The van der Waals surface area contributed by atoms with Crippen LogP contribution in [-0.4, -0.2) is 29.2 Å². The minimum absolute atomic E-state index is 0.0895. The van der Waals surface area contributed by atoms with Gasteiger partial charge in [0.05, 0.1) is 27.3 Å². The Hall–Kier alpha value is -0.940. The normalized spacial score (nSPS) is 16.6. The smallest absolute Gasteiger partial charge is 0.177 e. The van der Waals surface area contributed by atoms with E-state index in [0.717, 1.165) is 5.75 Å². The summed E-state index contributed by atoms with van der Waals surface area (Å²) >= 11 is 1.80. The Balaban J connectivity index is 2.14. The minimum atomic E-state index is -0.0895. The van der Waals surface area contributed by atoms with Crippen molar-refractivity contribution in [1.29, 1.82) is 0 Å². The molecule has 104 valence electrons. The van der Waals surface area contributed by atoms with E-state index >= 15 is 0 Å². The summed E-state index contributed by atoms with van der Waals surface area (Å²) in [6.07, 6.45) is 0.681. The molecule has 2 aromatic carbocycles. The third-order valence-corrected chi connectivity index (χ3v) is 7.17. The molecule has 20 heavy (non-hydrogen) atoms. The first-order valence-corrected chi connectivity index (χ1v) is 8.87. The van der Waals surface area contributed by atoms with Crippen LogP contribution in [0.25, 0.3) is 0 Å². The molecule has 3 rings (SSSR count). The van der Waals surface area contributed by atoms with Gasteiger partial charge in [0.25, 0.3) is 0 Å². The first kappa shape index (κ1) is 14.0. The van der Waals surface area contributed by atoms with Crippen molar-refractivity contribution >= 4 is 22.7 Å². The molecule has 0 radical (unpaired) electrons. The molecule has 2 aromatic rings. The van der Waals surface area contributed by atoms with Crippen molar-refractivity contribution in [3.05, 3.63) is 48.0 Å². The van der Waals surface area contributed by atoms with Crippen LogP contribution < -0.4 is 0 Å². The lowest BCUT2D eigenvalue weighted by Crippen LogP contribution is -2.18. The number of hydrogen-bond acceptors (Lipinski definition) is 3. The average molecular weight is 305 g/mol. The predicted octanol–water partition coefficient (Wildman–Crippen LogP) is 2.71. The van der Waals surface area contributed by atoms with Crippen molar-refractivity contribution in [3.63, 3.8) is 0 Å². The van der Waals surface area contributed by atoms with Crippen LogP contribution >= 0.6 is 11.8 Å². The number of hydrogen-bond donors (Lipinski definition) is 2. The van der Waals surface area contributed by atoms with Crippen molar-refractivity contribution < 1.29 is 10.2 Å². The summed E-state index contributed by atoms with van der Waals surface area (Å²) in [7, 11) is -0.0895. The molecule has 1 aliphatic heterocycles. The fourth-order valence-corrected chi connectivity index (χ4v) is 6.46. The van der Waals surface area contributed by atoms with Crippen LogP contribution in [0.15, 0.2) is 62.0 Å². The lowest BCUT2D eigenvalue weighted by atomic mass is 10.2. The van der Waals surface area contributed by atoms with Crippen LogP contribution in [0.2, 0.25) is 0 Å². The van der Waals surface area contributed by atoms with E-state index in [0.29, 0.717) is 6.42 Å². The summed E-state index contributed by atoms with van der Waals surface area (Å²) in [5, 5.41) is 18.7. The summed E-state index contributed by atoms with van der Waals surface area (Å²) in [4.78, 5) is 5.20. The van der Waals surface area contributed by atoms with Gasteiger partial charge in [0.15, 0.2) is 9.79 Å². The SMILES string of the molecule is OCCc1cccc2c1[S+](CCO)c1ccccc1S2. The molecule has 0 aromatic heterocycles. The predicted molar refractivity (Wildman–Crippen MR) is 83.6 cm³/mol. The van der Waals surface area contributed by atoms with E-state index in [1.807, 2.05) is 0 Å². The van der Waals surface area contributed by atoms with Gasteiger partial charge < -0.3 is 10.2 Å². The van der Waals surface area contributed by atoms with Gasteiger partial charge in [-0.1, -0.05) is 36.0 Å². The Morgan fingerprint density at radius 2 is 1.70 bits per heavy atom. The quantitative estimate of drug-likeness (QED) is 0.853. The maximum Gasteiger partial charge on any atom is 0.177 e. The second kappa shape index (κ2) is 6.22. The maximum atomic E-state index is 9.44. The van der Waals surface area contributed by atoms with Gasteiger partial charge in [-0.15, -0.1) is 0 Å². The molecule has 4 heteroatoms. The van der Waals surface area contributed by atoms with Crippen LogP contribution in [0.1, 0.15) is 5.56 Å². The zero-order chi connectivity index (χ0) is 13.9. The van der Waals surface area contributed by atoms with Crippen LogP contribution in [0.4, 0.5) is 0 Å². The number of rotatable bonds is 4. The van der Waals surface area contributed by atoms with E-state index < -0.39 is 0 Å². The highest BCUT2D eigenvalue weighted by Crippen LogP contribution is 2.46. The Morgan fingerprint density at radius 3 is 2.50 bits per heavy atom. The molecule has 0 spiro atoms. The molecule has 0 bridgehead atoms. The monoisotopic (exact) mass is 305 g/mol. The molecule has 2 N–H and O–H groups in total. The Morgan fingerprint density at radius 1 is 0.900 bits per heavy atom. The van der Waals surface area contributed by atoms with Gasteiger partial charge in [-0.3, -0.25) is 0 Å². The Kier molecular flexibility index (Phi) is 4.36. The van der Waals surface area contributed by atoms with E-state index in [-0.39, 0.29) is 24.1 Å². The molecule has 2 nitrogen and oxygen atoms in total. The second-order valence-corrected chi connectivity index (χ2v) is 7.71. The zero-order valence-electron chi connectivity index (χ0n) is 11.1. The van der Waals surface area contributed by atoms with E-state index in [4.69, 9.17) is 0 Å². The maximum absolute atomic E-state index is 9.44. The van der Waals surface area contributed by atoms with E-state index in [1.54, 1.807) is 11.8 Å². The number of benzene rings is 2. The van der Waals surface area contributed by atoms with Gasteiger partial charge in [0.2, 0.25) is 0 Å². The van der Waals surface area contributed by atoms with Crippen molar-refractivity contribution in [2.75, 3.05) is 19.0 Å². The number of fused-ring (bicyclic) bond motifs is 2. The first-order chi connectivity index (χ1) is 9.85. The minimum Gasteiger partial charge on any atom is -0.396 e. The molecule has 0 fully saturated rings. The molecule has 0 amide bonds. The molecule has 0 saturated heterocycles. The lowest BCUT2D eigenvalue weighted by Gasteiger charge is -2.21. The van der Waals surface area contributed by atoms with Crippen molar-refractivity contribution in [3.8, 4) is 0 Å². The van der Waals surface area contributed by atoms with Crippen LogP contribution in [-0.2, 0) is 17.3 Å². The summed E-state index contributed by atoms with van der Waals surface area (Å²) in [5.74, 6) is 0.757. The molecule has 1 heterocycles. The molecule has 1 atom stereocenters. The van der Waals surface area contributed by atoms with Crippen molar-refractivity contribution in [2.45, 2.75) is 26.0 Å². The second-order valence-electron chi connectivity index (χ2n) is 4.59. The van der Waals surface area contributed by atoms with E-state index in [9.17, 15) is 10.2 Å². The molecule has 0 saturated carbocycles. The number of aliphatic hydroxyl groups is 2. The van der Waals surface area contributed by atoms with Gasteiger partial charge in [-0.25, -0.2) is 0 Å². The van der Waals surface area contributed by atoms with E-state index in [1.165, 1.54) is 25.1 Å². The first-order valence-electron chi connectivity index (χ1n) is 6.66. The summed E-state index contributed by atoms with van der Waals surface area (Å²) in [6.45, 7) is 0.355. The van der Waals surface area contributed by atoms with Crippen molar-refractivity contribution in [1.82, 2.24) is 0 Å². The third-order valence-electron chi connectivity index (χ3n) is 3.32. The molecule has 0 aliphatic carbocycles. The van der Waals surface area contributed by atoms with Gasteiger partial charge >= 0.3 is 0 Å². The van der Waals surface area contributed by atoms with Gasteiger partial charge in [0, 0.05) is 18.6 Å². The summed E-state index contributed by atoms with van der Waals surface area (Å²) < 4.78 is 0. The highest BCUT2D eigenvalue weighted by Gasteiger charge is 2.37. The standard InChI is InChI=1S/C16H17O2S2/c17-9-8-12-4-3-6-14-16(12)20(11-10-18)15-7-2-1-5-13(15)19-14/h1-7,17-18H,8-11H2/q+1. The Labute approximate surface area is 126 Å². The molecular weight excluding hydrogens is 288 g/mol.